The van der Waals surface area contributed by atoms with Crippen LogP contribution in [0.4, 0.5) is 0 Å². The minimum absolute atomic E-state index is 0.0414. The van der Waals surface area contributed by atoms with E-state index in [1.54, 1.807) is 30.3 Å². The molecule has 3 aliphatic rings. The van der Waals surface area contributed by atoms with Crippen molar-refractivity contribution in [2.45, 2.75) is 25.5 Å². The normalized spacial score (nSPS) is 22.9. The molecule has 1 fully saturated rings. The highest BCUT2D eigenvalue weighted by Crippen LogP contribution is 2.43. The highest BCUT2D eigenvalue weighted by molar-refractivity contribution is 6.46. The molecule has 5 rings (SSSR count). The highest BCUT2D eigenvalue weighted by atomic mass is 16.6. The Kier molecular flexibility index (Phi) is 5.46. The Labute approximate surface area is 191 Å². The van der Waals surface area contributed by atoms with E-state index in [9.17, 15) is 14.7 Å². The van der Waals surface area contributed by atoms with Crippen LogP contribution >= 0.6 is 0 Å². The molecule has 0 bridgehead atoms. The lowest BCUT2D eigenvalue weighted by atomic mass is 9.94. The second-order valence-corrected chi connectivity index (χ2v) is 8.34. The highest BCUT2D eigenvalue weighted by Gasteiger charge is 2.46. The number of likely N-dealkylation sites (tertiary alicyclic amines) is 1. The molecule has 2 aromatic rings. The second-order valence-electron chi connectivity index (χ2n) is 8.34. The fourth-order valence-electron chi connectivity index (χ4n) is 4.60. The average molecular weight is 451 g/mol. The Morgan fingerprint density at radius 3 is 2.64 bits per heavy atom. The van der Waals surface area contributed by atoms with Gasteiger partial charge in [0.05, 0.1) is 18.2 Å². The summed E-state index contributed by atoms with van der Waals surface area (Å²) in [6, 6.07) is 9.83. The zero-order valence-electron chi connectivity index (χ0n) is 18.5. The summed E-state index contributed by atoms with van der Waals surface area (Å²) in [6.45, 7) is 3.30. The summed E-state index contributed by atoms with van der Waals surface area (Å²) in [5, 5.41) is 11.3. The number of nitrogens with zero attached hydrogens (tertiary/aromatic N) is 1. The smallest absolute Gasteiger partial charge is 0.295 e. The summed E-state index contributed by atoms with van der Waals surface area (Å²) in [4.78, 5) is 27.5. The number of methoxy groups -OCH3 is 1. The number of hydrogen-bond donors (Lipinski definition) is 1. The minimum Gasteiger partial charge on any atom is -0.507 e. The van der Waals surface area contributed by atoms with Crippen molar-refractivity contribution >= 4 is 17.4 Å². The van der Waals surface area contributed by atoms with Crippen LogP contribution in [0.5, 0.6) is 17.2 Å². The summed E-state index contributed by atoms with van der Waals surface area (Å²) in [5.74, 6) is 0.296. The van der Waals surface area contributed by atoms with Crippen LogP contribution in [0.15, 0.2) is 42.0 Å². The van der Waals surface area contributed by atoms with E-state index in [0.29, 0.717) is 42.3 Å². The topological polar surface area (TPSA) is 94.5 Å². The van der Waals surface area contributed by atoms with Crippen LogP contribution in [-0.2, 0) is 20.7 Å². The lowest BCUT2D eigenvalue weighted by Gasteiger charge is -2.26. The zero-order chi connectivity index (χ0) is 23.1. The van der Waals surface area contributed by atoms with Gasteiger partial charge in [-0.2, -0.15) is 0 Å². The lowest BCUT2D eigenvalue weighted by Crippen LogP contribution is -2.32. The van der Waals surface area contributed by atoms with Gasteiger partial charge in [0.2, 0.25) is 0 Å². The number of carbonyl (C=O) groups excluding carboxylic acids is 2. The summed E-state index contributed by atoms with van der Waals surface area (Å²) in [5.41, 5.74) is 2.11. The fourth-order valence-corrected chi connectivity index (χ4v) is 4.60. The summed E-state index contributed by atoms with van der Waals surface area (Å²) in [6.07, 6.45) is 0.763. The van der Waals surface area contributed by atoms with E-state index < -0.39 is 17.7 Å². The molecule has 172 valence electrons. The van der Waals surface area contributed by atoms with Gasteiger partial charge < -0.3 is 29.0 Å². The quantitative estimate of drug-likeness (QED) is 0.424. The molecule has 3 aliphatic heterocycles. The number of carbonyl (C=O) groups is 2. The van der Waals surface area contributed by atoms with Gasteiger partial charge in [0.25, 0.3) is 11.7 Å². The molecule has 2 aromatic carbocycles. The molecule has 1 amide bonds. The third kappa shape index (κ3) is 3.70. The van der Waals surface area contributed by atoms with E-state index in [-0.39, 0.29) is 30.6 Å². The van der Waals surface area contributed by atoms with Crippen LogP contribution in [0.25, 0.3) is 5.76 Å². The first-order valence-electron chi connectivity index (χ1n) is 10.9. The molecule has 0 saturated carbocycles. The van der Waals surface area contributed by atoms with Gasteiger partial charge >= 0.3 is 0 Å². The first kappa shape index (κ1) is 21.3. The Morgan fingerprint density at radius 2 is 1.85 bits per heavy atom. The largest absolute Gasteiger partial charge is 0.507 e. The second kappa shape index (κ2) is 8.44. The average Bonchev–Trinajstić information content (AvgIpc) is 3.32. The maximum atomic E-state index is 13.1. The van der Waals surface area contributed by atoms with Gasteiger partial charge in [0.15, 0.2) is 11.5 Å². The van der Waals surface area contributed by atoms with Crippen molar-refractivity contribution in [1.82, 2.24) is 4.90 Å². The monoisotopic (exact) mass is 451 g/mol. The zero-order valence-corrected chi connectivity index (χ0v) is 18.5. The van der Waals surface area contributed by atoms with E-state index in [1.165, 1.54) is 12.0 Å². The molecular formula is C25H25NO7. The first-order chi connectivity index (χ1) is 16.0. The third-order valence-electron chi connectivity index (χ3n) is 6.13. The number of aliphatic hydroxyl groups is 1. The number of ketones is 1. The Hall–Kier alpha value is -3.52. The lowest BCUT2D eigenvalue weighted by molar-refractivity contribution is -0.140. The van der Waals surface area contributed by atoms with Crippen molar-refractivity contribution in [1.29, 1.82) is 0 Å². The molecule has 3 heterocycles. The number of ether oxygens (including phenoxy) is 4. The molecule has 8 heteroatoms. The van der Waals surface area contributed by atoms with Gasteiger partial charge in [-0.1, -0.05) is 6.07 Å². The number of hydrogen-bond acceptors (Lipinski definition) is 7. The fraction of sp³-hybridized carbons (Fsp3) is 0.360. The molecule has 0 aromatic heterocycles. The minimum atomic E-state index is -0.778. The molecule has 1 N–H and O–H groups in total. The summed E-state index contributed by atoms with van der Waals surface area (Å²) < 4.78 is 22.2. The maximum Gasteiger partial charge on any atom is 0.295 e. The van der Waals surface area contributed by atoms with Crippen molar-refractivity contribution < 1.29 is 33.6 Å². The molecule has 8 nitrogen and oxygen atoms in total. The Balaban J connectivity index is 1.62. The van der Waals surface area contributed by atoms with Gasteiger partial charge in [0.1, 0.15) is 30.8 Å². The molecular weight excluding hydrogens is 426 g/mol. The van der Waals surface area contributed by atoms with Gasteiger partial charge in [0, 0.05) is 25.6 Å². The number of amides is 1. The number of Topliss-reactive ketones (excluding diaryl/α,β-unsaturated/α-hetero) is 1. The van der Waals surface area contributed by atoms with Crippen molar-refractivity contribution in [2.24, 2.45) is 0 Å². The number of rotatable bonds is 5. The van der Waals surface area contributed by atoms with Crippen LogP contribution in [0, 0.1) is 0 Å². The Bertz CT molecular complexity index is 1160. The van der Waals surface area contributed by atoms with Crippen LogP contribution in [0.3, 0.4) is 0 Å². The molecule has 0 spiro atoms. The summed E-state index contributed by atoms with van der Waals surface area (Å²) in [7, 11) is 1.53. The molecule has 0 aliphatic carbocycles. The molecule has 33 heavy (non-hydrogen) atoms. The van der Waals surface area contributed by atoms with E-state index in [2.05, 4.69) is 0 Å². The standard InChI is InChI=1S/C25H25NO7/c1-14-11-17-12-16(4-5-18(17)33-14)23(27)21-22(26(7-8-30-2)25(29)24(21)28)15-3-6-19-20(13-15)32-10-9-31-19/h3-6,12-14,22,27H,7-11H2,1-2H3/b23-21-. The molecule has 0 radical (unpaired) electrons. The van der Waals surface area contributed by atoms with Gasteiger partial charge in [-0.15, -0.1) is 0 Å². The van der Waals surface area contributed by atoms with E-state index in [1.807, 2.05) is 13.0 Å². The predicted octanol–water partition coefficient (Wildman–Crippen LogP) is 2.85. The third-order valence-corrected chi connectivity index (χ3v) is 6.13. The van der Waals surface area contributed by atoms with Crippen molar-refractivity contribution in [3.8, 4) is 17.2 Å². The Morgan fingerprint density at radius 1 is 1.09 bits per heavy atom. The van der Waals surface area contributed by atoms with Crippen LogP contribution in [0.1, 0.15) is 29.7 Å². The van der Waals surface area contributed by atoms with E-state index in [4.69, 9.17) is 18.9 Å². The predicted molar refractivity (Wildman–Crippen MR) is 119 cm³/mol. The van der Waals surface area contributed by atoms with Crippen molar-refractivity contribution in [2.75, 3.05) is 33.5 Å². The van der Waals surface area contributed by atoms with Crippen molar-refractivity contribution in [3.05, 3.63) is 58.7 Å². The van der Waals surface area contributed by atoms with Crippen LogP contribution < -0.4 is 14.2 Å². The van der Waals surface area contributed by atoms with Gasteiger partial charge in [-0.25, -0.2) is 0 Å². The van der Waals surface area contributed by atoms with Gasteiger partial charge in [-0.3, -0.25) is 9.59 Å². The van der Waals surface area contributed by atoms with Crippen LogP contribution in [-0.4, -0.2) is 61.3 Å². The van der Waals surface area contributed by atoms with E-state index in [0.717, 1.165) is 11.3 Å². The van der Waals surface area contributed by atoms with Crippen molar-refractivity contribution in [3.63, 3.8) is 0 Å². The number of fused-ring (bicyclic) bond motifs is 2. The molecule has 1 saturated heterocycles. The number of aliphatic hydroxyl groups excluding tert-OH is 1. The van der Waals surface area contributed by atoms with Gasteiger partial charge in [-0.05, 0) is 48.4 Å². The maximum absolute atomic E-state index is 13.1. The SMILES string of the molecule is COCCN1C(=O)C(=O)/C(=C(\O)c2ccc3c(c2)CC(C)O3)C1c1ccc2c(c1)OCCO2. The summed E-state index contributed by atoms with van der Waals surface area (Å²) >= 11 is 0. The van der Waals surface area contributed by atoms with Crippen LogP contribution in [0.2, 0.25) is 0 Å². The first-order valence-corrected chi connectivity index (χ1v) is 10.9. The molecule has 2 atom stereocenters. The molecule has 2 unspecified atom stereocenters. The van der Waals surface area contributed by atoms with E-state index >= 15 is 0 Å². The number of benzene rings is 2.